The van der Waals surface area contributed by atoms with Gasteiger partial charge >= 0.3 is 0 Å². The molecule has 0 saturated carbocycles. The van der Waals surface area contributed by atoms with Crippen LogP contribution in [-0.4, -0.2) is 47.8 Å². The van der Waals surface area contributed by atoms with Crippen molar-refractivity contribution in [2.75, 3.05) is 26.2 Å². The molecule has 1 aromatic heterocycles. The molecule has 0 radical (unpaired) electrons. The van der Waals surface area contributed by atoms with Crippen molar-refractivity contribution in [2.45, 2.75) is 0 Å². The molecule has 25 heavy (non-hydrogen) atoms. The second-order valence-electron chi connectivity index (χ2n) is 5.62. The Morgan fingerprint density at radius 2 is 1.64 bits per heavy atom. The minimum atomic E-state index is -0.782. The third kappa shape index (κ3) is 4.30. The highest BCUT2D eigenvalue weighted by Gasteiger charge is 2.24. The lowest BCUT2D eigenvalue weighted by Gasteiger charge is -2.34. The molecular weight excluding hydrogens is 346 g/mol. The van der Waals surface area contributed by atoms with Gasteiger partial charge in [0, 0.05) is 48.8 Å². The number of carbonyl (C=O) groups is 2. The van der Waals surface area contributed by atoms with Crippen LogP contribution >= 0.6 is 11.3 Å². The molecule has 4 nitrogen and oxygen atoms in total. The summed E-state index contributed by atoms with van der Waals surface area (Å²) in [6.45, 7) is 1.43. The van der Waals surface area contributed by atoms with E-state index in [0.717, 1.165) is 23.1 Å². The lowest BCUT2D eigenvalue weighted by atomic mass is 10.1. The highest BCUT2D eigenvalue weighted by atomic mass is 32.1. The van der Waals surface area contributed by atoms with Gasteiger partial charge in [-0.05, 0) is 29.7 Å². The molecule has 130 valence electrons. The van der Waals surface area contributed by atoms with Crippen LogP contribution in [0.15, 0.2) is 41.8 Å². The molecule has 2 amide bonds. The van der Waals surface area contributed by atoms with Crippen LogP contribution in [0, 0.1) is 11.6 Å². The van der Waals surface area contributed by atoms with Crippen molar-refractivity contribution in [1.29, 1.82) is 0 Å². The van der Waals surface area contributed by atoms with E-state index in [1.54, 1.807) is 22.3 Å². The fourth-order valence-electron chi connectivity index (χ4n) is 2.63. The van der Waals surface area contributed by atoms with E-state index in [9.17, 15) is 18.4 Å². The van der Waals surface area contributed by atoms with Crippen LogP contribution in [-0.2, 0) is 4.79 Å². The SMILES string of the molecule is O=C(C=Cc1cccs1)N1CCN(C(=O)c2cc(F)cc(F)c2)CC1. The zero-order chi connectivity index (χ0) is 17.8. The van der Waals surface area contributed by atoms with Crippen LogP contribution < -0.4 is 0 Å². The molecule has 0 N–H and O–H groups in total. The molecule has 0 bridgehead atoms. The number of thiophene rings is 1. The third-order valence-electron chi connectivity index (χ3n) is 3.92. The van der Waals surface area contributed by atoms with Crippen molar-refractivity contribution >= 4 is 29.2 Å². The summed E-state index contributed by atoms with van der Waals surface area (Å²) >= 11 is 1.54. The number of piperazine rings is 1. The Bertz CT molecular complexity index is 777. The van der Waals surface area contributed by atoms with E-state index in [1.165, 1.54) is 11.0 Å². The monoisotopic (exact) mass is 362 g/mol. The standard InChI is InChI=1S/C18H16F2N2O2S/c19-14-10-13(11-15(20)12-14)18(24)22-7-5-21(6-8-22)17(23)4-3-16-2-1-9-25-16/h1-4,9-12H,5-8H2. The van der Waals surface area contributed by atoms with Crippen LogP contribution in [0.3, 0.4) is 0 Å². The molecule has 1 saturated heterocycles. The van der Waals surface area contributed by atoms with Gasteiger partial charge in [0.2, 0.25) is 5.91 Å². The van der Waals surface area contributed by atoms with Crippen molar-refractivity contribution < 1.29 is 18.4 Å². The van der Waals surface area contributed by atoms with Gasteiger partial charge in [0.1, 0.15) is 11.6 Å². The van der Waals surface area contributed by atoms with E-state index >= 15 is 0 Å². The molecule has 0 atom stereocenters. The van der Waals surface area contributed by atoms with Crippen molar-refractivity contribution in [3.8, 4) is 0 Å². The average molecular weight is 362 g/mol. The Labute approximate surface area is 148 Å². The summed E-state index contributed by atoms with van der Waals surface area (Å²) < 4.78 is 26.5. The largest absolute Gasteiger partial charge is 0.336 e. The smallest absolute Gasteiger partial charge is 0.254 e. The fourth-order valence-corrected chi connectivity index (χ4v) is 3.25. The normalized spacial score (nSPS) is 15.0. The molecule has 1 aliphatic rings. The summed E-state index contributed by atoms with van der Waals surface area (Å²) in [6.07, 6.45) is 3.28. The van der Waals surface area contributed by atoms with E-state index in [1.807, 2.05) is 17.5 Å². The number of hydrogen-bond acceptors (Lipinski definition) is 3. The first-order valence-corrected chi connectivity index (χ1v) is 8.67. The van der Waals surface area contributed by atoms with Gasteiger partial charge in [-0.3, -0.25) is 9.59 Å². The third-order valence-corrected chi connectivity index (χ3v) is 4.76. The molecule has 2 aromatic rings. The van der Waals surface area contributed by atoms with Gasteiger partial charge in [-0.2, -0.15) is 0 Å². The van der Waals surface area contributed by atoms with Crippen LogP contribution in [0.25, 0.3) is 6.08 Å². The minimum Gasteiger partial charge on any atom is -0.336 e. The summed E-state index contributed by atoms with van der Waals surface area (Å²) in [4.78, 5) is 28.7. The molecule has 0 aliphatic carbocycles. The van der Waals surface area contributed by atoms with Crippen LogP contribution in [0.1, 0.15) is 15.2 Å². The van der Waals surface area contributed by atoms with E-state index in [-0.39, 0.29) is 11.5 Å². The number of hydrogen-bond donors (Lipinski definition) is 0. The van der Waals surface area contributed by atoms with Gasteiger partial charge in [-0.15, -0.1) is 11.3 Å². The van der Waals surface area contributed by atoms with Crippen molar-refractivity contribution in [3.05, 3.63) is 63.9 Å². The summed E-state index contributed by atoms with van der Waals surface area (Å²) in [7, 11) is 0. The highest BCUT2D eigenvalue weighted by molar-refractivity contribution is 7.10. The van der Waals surface area contributed by atoms with Crippen molar-refractivity contribution in [3.63, 3.8) is 0 Å². The average Bonchev–Trinajstić information content (AvgIpc) is 3.12. The number of rotatable bonds is 3. The maximum atomic E-state index is 13.3. The van der Waals surface area contributed by atoms with Gasteiger partial charge in [-0.1, -0.05) is 6.07 Å². The van der Waals surface area contributed by atoms with Gasteiger partial charge in [-0.25, -0.2) is 8.78 Å². The molecule has 1 fully saturated rings. The van der Waals surface area contributed by atoms with E-state index in [0.29, 0.717) is 26.2 Å². The summed E-state index contributed by atoms with van der Waals surface area (Å²) in [5.41, 5.74) is -0.0186. The molecule has 7 heteroatoms. The number of amides is 2. The molecule has 1 aromatic carbocycles. The first kappa shape index (κ1) is 17.3. The molecule has 0 spiro atoms. The Balaban J connectivity index is 1.57. The Morgan fingerprint density at radius 3 is 2.24 bits per heavy atom. The Morgan fingerprint density at radius 1 is 1.00 bits per heavy atom. The fraction of sp³-hybridized carbons (Fsp3) is 0.222. The van der Waals surface area contributed by atoms with E-state index < -0.39 is 17.5 Å². The number of benzene rings is 1. The zero-order valence-electron chi connectivity index (χ0n) is 13.3. The number of nitrogens with zero attached hydrogens (tertiary/aromatic N) is 2. The van der Waals surface area contributed by atoms with Gasteiger partial charge in [0.15, 0.2) is 0 Å². The predicted molar refractivity (Wildman–Crippen MR) is 92.2 cm³/mol. The van der Waals surface area contributed by atoms with Crippen molar-refractivity contribution in [2.24, 2.45) is 0 Å². The van der Waals surface area contributed by atoms with Gasteiger partial charge < -0.3 is 9.80 Å². The van der Waals surface area contributed by atoms with E-state index in [2.05, 4.69) is 0 Å². The molecular formula is C18H16F2N2O2S. The first-order valence-electron chi connectivity index (χ1n) is 7.79. The highest BCUT2D eigenvalue weighted by Crippen LogP contribution is 2.14. The summed E-state index contributed by atoms with van der Waals surface area (Å²) in [5, 5.41) is 1.93. The van der Waals surface area contributed by atoms with Crippen LogP contribution in [0.2, 0.25) is 0 Å². The topological polar surface area (TPSA) is 40.6 Å². The predicted octanol–water partition coefficient (Wildman–Crippen LogP) is 3.02. The minimum absolute atomic E-state index is 0.0186. The Kier molecular flexibility index (Phi) is 5.23. The van der Waals surface area contributed by atoms with Crippen LogP contribution in [0.4, 0.5) is 8.78 Å². The molecule has 3 rings (SSSR count). The van der Waals surface area contributed by atoms with Gasteiger partial charge in [0.25, 0.3) is 5.91 Å². The molecule has 0 unspecified atom stereocenters. The zero-order valence-corrected chi connectivity index (χ0v) is 14.1. The number of halogens is 2. The molecule has 2 heterocycles. The lowest BCUT2D eigenvalue weighted by Crippen LogP contribution is -2.50. The second kappa shape index (κ2) is 7.57. The van der Waals surface area contributed by atoms with Gasteiger partial charge in [0.05, 0.1) is 0 Å². The van der Waals surface area contributed by atoms with Crippen molar-refractivity contribution in [1.82, 2.24) is 9.80 Å². The quantitative estimate of drug-likeness (QED) is 0.788. The summed E-state index contributed by atoms with van der Waals surface area (Å²) in [6, 6.07) is 6.60. The maximum absolute atomic E-state index is 13.3. The summed E-state index contributed by atoms with van der Waals surface area (Å²) in [5.74, 6) is -2.11. The maximum Gasteiger partial charge on any atom is 0.254 e. The van der Waals surface area contributed by atoms with Crippen LogP contribution in [0.5, 0.6) is 0 Å². The first-order chi connectivity index (χ1) is 12.0. The lowest BCUT2D eigenvalue weighted by molar-refractivity contribution is -0.127. The Hall–Kier alpha value is -2.54. The molecule has 1 aliphatic heterocycles. The second-order valence-corrected chi connectivity index (χ2v) is 6.60. The number of carbonyl (C=O) groups excluding carboxylic acids is 2. The van der Waals surface area contributed by atoms with E-state index in [4.69, 9.17) is 0 Å².